The van der Waals surface area contributed by atoms with Crippen molar-refractivity contribution in [2.45, 2.75) is 6.54 Å². The number of nitrogens with one attached hydrogen (secondary N) is 1. The van der Waals surface area contributed by atoms with Gasteiger partial charge in [0.25, 0.3) is 5.56 Å². The Hall–Kier alpha value is -2.57. The van der Waals surface area contributed by atoms with Crippen molar-refractivity contribution in [3.63, 3.8) is 0 Å². The highest BCUT2D eigenvalue weighted by molar-refractivity contribution is 5.19. The van der Waals surface area contributed by atoms with Crippen LogP contribution in [0.4, 0.5) is 0 Å². The second-order valence-electron chi connectivity index (χ2n) is 3.59. The number of methoxy groups -OCH3 is 1. The largest absolute Gasteiger partial charge is 0.494 e. The van der Waals surface area contributed by atoms with E-state index in [0.717, 1.165) is 10.6 Å². The number of H-pyrrole nitrogens is 1. The molecule has 0 aliphatic heterocycles. The monoisotopic (exact) mass is 249 g/mol. The van der Waals surface area contributed by atoms with Crippen molar-refractivity contribution in [1.82, 2.24) is 14.5 Å². The van der Waals surface area contributed by atoms with Crippen molar-refractivity contribution in [3.8, 4) is 11.8 Å². The molecule has 0 atom stereocenters. The molecule has 0 spiro atoms. The maximum atomic E-state index is 11.5. The van der Waals surface area contributed by atoms with Gasteiger partial charge in [-0.2, -0.15) is 0 Å². The standard InChI is InChI=1S/C11H11N3O4/c1-18-9-3-2-7(5-12-9)6-14-10(16)4-8(15)13-11(14)17/h2-5,16H,6H2,1H3,(H,13,15,17). The molecule has 0 amide bonds. The summed E-state index contributed by atoms with van der Waals surface area (Å²) >= 11 is 0. The van der Waals surface area contributed by atoms with Crippen LogP contribution in [0.1, 0.15) is 5.56 Å². The molecule has 18 heavy (non-hydrogen) atoms. The summed E-state index contributed by atoms with van der Waals surface area (Å²) in [5.41, 5.74) is -0.613. The Labute approximate surface area is 101 Å². The van der Waals surface area contributed by atoms with Gasteiger partial charge in [0.15, 0.2) is 0 Å². The van der Waals surface area contributed by atoms with Gasteiger partial charge in [-0.15, -0.1) is 0 Å². The molecule has 0 bridgehead atoms. The molecule has 0 radical (unpaired) electrons. The maximum Gasteiger partial charge on any atom is 0.331 e. The fourth-order valence-corrected chi connectivity index (χ4v) is 1.47. The van der Waals surface area contributed by atoms with Gasteiger partial charge in [-0.3, -0.25) is 14.3 Å². The van der Waals surface area contributed by atoms with E-state index in [4.69, 9.17) is 4.74 Å². The molecule has 0 aromatic carbocycles. The summed E-state index contributed by atoms with van der Waals surface area (Å²) in [5.74, 6) is 0.0661. The van der Waals surface area contributed by atoms with Gasteiger partial charge in [-0.1, -0.05) is 6.07 Å². The molecule has 2 aromatic heterocycles. The van der Waals surface area contributed by atoms with Crippen LogP contribution in [0, 0.1) is 0 Å². The third-order valence-electron chi connectivity index (χ3n) is 2.36. The average molecular weight is 249 g/mol. The van der Waals surface area contributed by atoms with E-state index in [0.29, 0.717) is 11.4 Å². The number of hydrogen-bond acceptors (Lipinski definition) is 5. The number of ether oxygens (including phenoxy) is 1. The van der Waals surface area contributed by atoms with E-state index < -0.39 is 11.2 Å². The third kappa shape index (κ3) is 2.40. The molecule has 94 valence electrons. The zero-order valence-corrected chi connectivity index (χ0v) is 9.58. The van der Waals surface area contributed by atoms with Gasteiger partial charge in [0.05, 0.1) is 19.7 Å². The number of hydrogen-bond donors (Lipinski definition) is 2. The molecule has 7 nitrogen and oxygen atoms in total. The molecular formula is C11H11N3O4. The van der Waals surface area contributed by atoms with Crippen LogP contribution in [0.3, 0.4) is 0 Å². The first-order valence-electron chi connectivity index (χ1n) is 5.12. The average Bonchev–Trinajstić information content (AvgIpc) is 2.34. The molecule has 2 aromatic rings. The maximum absolute atomic E-state index is 11.5. The van der Waals surface area contributed by atoms with Gasteiger partial charge < -0.3 is 9.84 Å². The summed E-state index contributed by atoms with van der Waals surface area (Å²) in [4.78, 5) is 28.5. The molecule has 0 unspecified atom stereocenters. The smallest absolute Gasteiger partial charge is 0.331 e. The zero-order valence-electron chi connectivity index (χ0n) is 9.58. The van der Waals surface area contributed by atoms with Crippen LogP contribution in [0.2, 0.25) is 0 Å². The molecule has 0 saturated heterocycles. The normalized spacial score (nSPS) is 10.3. The minimum Gasteiger partial charge on any atom is -0.494 e. The quantitative estimate of drug-likeness (QED) is 0.778. The van der Waals surface area contributed by atoms with Crippen LogP contribution < -0.4 is 16.0 Å². The lowest BCUT2D eigenvalue weighted by Gasteiger charge is -2.07. The number of aromatic hydroxyl groups is 1. The highest BCUT2D eigenvalue weighted by Gasteiger charge is 2.05. The molecule has 0 aliphatic rings. The van der Waals surface area contributed by atoms with Crippen LogP contribution in [-0.2, 0) is 6.54 Å². The lowest BCUT2D eigenvalue weighted by atomic mass is 10.3. The van der Waals surface area contributed by atoms with Crippen molar-refractivity contribution < 1.29 is 9.84 Å². The van der Waals surface area contributed by atoms with Gasteiger partial charge in [0.2, 0.25) is 11.8 Å². The van der Waals surface area contributed by atoms with Crippen molar-refractivity contribution in [3.05, 3.63) is 50.8 Å². The van der Waals surface area contributed by atoms with Crippen molar-refractivity contribution >= 4 is 0 Å². The van der Waals surface area contributed by atoms with Gasteiger partial charge in [0, 0.05) is 12.3 Å². The highest BCUT2D eigenvalue weighted by Crippen LogP contribution is 2.09. The molecule has 2 N–H and O–H groups in total. The number of aromatic nitrogens is 3. The molecule has 7 heteroatoms. The fourth-order valence-electron chi connectivity index (χ4n) is 1.47. The van der Waals surface area contributed by atoms with Crippen molar-refractivity contribution in [2.24, 2.45) is 0 Å². The van der Waals surface area contributed by atoms with Gasteiger partial charge in [-0.05, 0) is 5.56 Å². The van der Waals surface area contributed by atoms with Crippen LogP contribution in [0.5, 0.6) is 11.8 Å². The summed E-state index contributed by atoms with van der Waals surface area (Å²) in [6.45, 7) is 0.110. The fraction of sp³-hybridized carbons (Fsp3) is 0.182. The SMILES string of the molecule is COc1ccc(Cn2c(O)cc(=O)[nH]c2=O)cn1. The topological polar surface area (TPSA) is 97.2 Å². The van der Waals surface area contributed by atoms with E-state index in [1.807, 2.05) is 0 Å². The van der Waals surface area contributed by atoms with Crippen LogP contribution >= 0.6 is 0 Å². The summed E-state index contributed by atoms with van der Waals surface area (Å²) < 4.78 is 5.94. The Morgan fingerprint density at radius 1 is 1.44 bits per heavy atom. The highest BCUT2D eigenvalue weighted by atomic mass is 16.5. The summed E-state index contributed by atoms with van der Waals surface area (Å²) in [7, 11) is 1.50. The van der Waals surface area contributed by atoms with Crippen molar-refractivity contribution in [1.29, 1.82) is 0 Å². The lowest BCUT2D eigenvalue weighted by Crippen LogP contribution is -2.29. The molecular weight excluding hydrogens is 238 g/mol. The van der Waals surface area contributed by atoms with E-state index in [2.05, 4.69) is 9.97 Å². The Kier molecular flexibility index (Phi) is 3.13. The van der Waals surface area contributed by atoms with E-state index in [1.165, 1.54) is 13.3 Å². The second-order valence-corrected chi connectivity index (χ2v) is 3.59. The Balaban J connectivity index is 2.34. The van der Waals surface area contributed by atoms with Gasteiger partial charge >= 0.3 is 5.69 Å². The summed E-state index contributed by atoms with van der Waals surface area (Å²) in [5, 5.41) is 9.53. The first kappa shape index (κ1) is 11.9. The zero-order chi connectivity index (χ0) is 13.1. The Morgan fingerprint density at radius 2 is 2.22 bits per heavy atom. The first-order chi connectivity index (χ1) is 8.60. The number of pyridine rings is 1. The Morgan fingerprint density at radius 3 is 2.78 bits per heavy atom. The number of aromatic amines is 1. The number of nitrogens with zero attached hydrogens (tertiary/aromatic N) is 2. The minimum atomic E-state index is -0.671. The molecule has 0 aliphatic carbocycles. The van der Waals surface area contributed by atoms with E-state index >= 15 is 0 Å². The van der Waals surface area contributed by atoms with Gasteiger partial charge in [-0.25, -0.2) is 9.78 Å². The Bertz CT molecular complexity index is 657. The van der Waals surface area contributed by atoms with Crippen molar-refractivity contribution in [2.75, 3.05) is 7.11 Å². The molecule has 0 fully saturated rings. The van der Waals surface area contributed by atoms with Crippen LogP contribution in [0.25, 0.3) is 0 Å². The predicted molar refractivity (Wildman–Crippen MR) is 62.9 cm³/mol. The molecule has 2 heterocycles. The second kappa shape index (κ2) is 4.74. The van der Waals surface area contributed by atoms with E-state index in [1.54, 1.807) is 12.1 Å². The summed E-state index contributed by atoms with van der Waals surface area (Å²) in [6.07, 6.45) is 1.52. The van der Waals surface area contributed by atoms with Crippen LogP contribution in [0.15, 0.2) is 34.0 Å². The lowest BCUT2D eigenvalue weighted by molar-refractivity contribution is 0.396. The van der Waals surface area contributed by atoms with E-state index in [9.17, 15) is 14.7 Å². The van der Waals surface area contributed by atoms with Gasteiger partial charge in [0.1, 0.15) is 0 Å². The molecule has 2 rings (SSSR count). The minimum absolute atomic E-state index is 0.110. The third-order valence-corrected chi connectivity index (χ3v) is 2.36. The predicted octanol–water partition coefficient (Wildman–Crippen LogP) is -0.306. The first-order valence-corrected chi connectivity index (χ1v) is 5.12. The van der Waals surface area contributed by atoms with Crippen LogP contribution in [-0.4, -0.2) is 26.8 Å². The summed E-state index contributed by atoms with van der Waals surface area (Å²) in [6, 6.07) is 4.30. The van der Waals surface area contributed by atoms with E-state index in [-0.39, 0.29) is 12.4 Å². The number of rotatable bonds is 3. The molecule has 0 saturated carbocycles.